The van der Waals surface area contributed by atoms with E-state index in [0.29, 0.717) is 22.5 Å². The van der Waals surface area contributed by atoms with E-state index in [-0.39, 0.29) is 17.7 Å². The van der Waals surface area contributed by atoms with Crippen LogP contribution >= 0.6 is 0 Å². The molecule has 10 nitrogen and oxygen atoms in total. The SMILES string of the molecule is CCOC(=O)C(CC(=O)c1cccc2nc(C)c(NC(C)(C)C)nc12)C(=O)CNC(=O)OC(C)(C)C. The number of carbonyl (C=O) groups is 4. The molecule has 10 heteroatoms. The van der Waals surface area contributed by atoms with Gasteiger partial charge >= 0.3 is 12.1 Å². The van der Waals surface area contributed by atoms with Crippen molar-refractivity contribution in [2.75, 3.05) is 18.5 Å². The molecule has 0 bridgehead atoms. The van der Waals surface area contributed by atoms with Gasteiger partial charge in [-0.3, -0.25) is 14.4 Å². The molecule has 1 amide bonds. The number of para-hydroxylation sites is 1. The molecule has 1 heterocycles. The van der Waals surface area contributed by atoms with Gasteiger partial charge in [0, 0.05) is 17.5 Å². The van der Waals surface area contributed by atoms with E-state index in [2.05, 4.69) is 20.6 Å². The highest BCUT2D eigenvalue weighted by molar-refractivity contribution is 6.11. The summed E-state index contributed by atoms with van der Waals surface area (Å²) in [7, 11) is 0. The quantitative estimate of drug-likeness (QED) is 0.297. The summed E-state index contributed by atoms with van der Waals surface area (Å²) >= 11 is 0. The van der Waals surface area contributed by atoms with Gasteiger partial charge in [-0.25, -0.2) is 14.8 Å². The second-order valence-electron chi connectivity index (χ2n) is 10.5. The molecule has 196 valence electrons. The number of aromatic nitrogens is 2. The average Bonchev–Trinajstić information content (AvgIpc) is 2.73. The fourth-order valence-electron chi connectivity index (χ4n) is 3.33. The Morgan fingerprint density at radius 2 is 1.69 bits per heavy atom. The number of ketones is 2. The van der Waals surface area contributed by atoms with Crippen molar-refractivity contribution in [3.05, 3.63) is 29.5 Å². The van der Waals surface area contributed by atoms with Gasteiger partial charge in [-0.15, -0.1) is 0 Å². The normalized spacial score (nSPS) is 12.6. The van der Waals surface area contributed by atoms with E-state index >= 15 is 0 Å². The lowest BCUT2D eigenvalue weighted by molar-refractivity contribution is -0.151. The highest BCUT2D eigenvalue weighted by Crippen LogP contribution is 2.24. The number of esters is 1. The minimum absolute atomic E-state index is 0.0388. The van der Waals surface area contributed by atoms with E-state index in [4.69, 9.17) is 9.47 Å². The number of benzene rings is 1. The second kappa shape index (κ2) is 11.5. The maximum absolute atomic E-state index is 13.3. The first kappa shape index (κ1) is 28.7. The molecule has 36 heavy (non-hydrogen) atoms. The molecule has 0 spiro atoms. The van der Waals surface area contributed by atoms with Gasteiger partial charge in [-0.2, -0.15) is 0 Å². The van der Waals surface area contributed by atoms with Crippen LogP contribution in [0.25, 0.3) is 11.0 Å². The summed E-state index contributed by atoms with van der Waals surface area (Å²) in [5, 5.41) is 5.61. The van der Waals surface area contributed by atoms with Gasteiger partial charge in [0.25, 0.3) is 0 Å². The predicted molar refractivity (Wildman–Crippen MR) is 136 cm³/mol. The Balaban J connectivity index is 2.32. The number of Topliss-reactive ketones (excluding diaryl/α,β-unsaturated/α-hetero) is 2. The molecule has 0 aliphatic rings. The number of amides is 1. The average molecular weight is 501 g/mol. The van der Waals surface area contributed by atoms with Crippen LogP contribution in [0.1, 0.15) is 70.9 Å². The highest BCUT2D eigenvalue weighted by Gasteiger charge is 2.32. The van der Waals surface area contributed by atoms with Gasteiger partial charge in [0.1, 0.15) is 22.9 Å². The summed E-state index contributed by atoms with van der Waals surface area (Å²) in [4.78, 5) is 59.9. The fourth-order valence-corrected chi connectivity index (χ4v) is 3.33. The van der Waals surface area contributed by atoms with Crippen molar-refractivity contribution >= 4 is 40.5 Å². The van der Waals surface area contributed by atoms with Gasteiger partial charge in [-0.1, -0.05) is 6.07 Å². The molecule has 1 aromatic heterocycles. The number of fused-ring (bicyclic) bond motifs is 1. The number of nitrogens with zero attached hydrogens (tertiary/aromatic N) is 2. The van der Waals surface area contributed by atoms with Crippen LogP contribution in [0.5, 0.6) is 0 Å². The first-order chi connectivity index (χ1) is 16.6. The van der Waals surface area contributed by atoms with E-state index in [1.165, 1.54) is 0 Å². The van der Waals surface area contributed by atoms with Crippen LogP contribution in [0.3, 0.4) is 0 Å². The van der Waals surface area contributed by atoms with Gasteiger partial charge in [0.15, 0.2) is 11.6 Å². The summed E-state index contributed by atoms with van der Waals surface area (Å²) in [5.74, 6) is -2.82. The fraction of sp³-hybridized carbons (Fsp3) is 0.538. The van der Waals surface area contributed by atoms with Crippen LogP contribution < -0.4 is 10.6 Å². The maximum Gasteiger partial charge on any atom is 0.408 e. The summed E-state index contributed by atoms with van der Waals surface area (Å²) < 4.78 is 10.2. The van der Waals surface area contributed by atoms with Crippen molar-refractivity contribution in [3.63, 3.8) is 0 Å². The van der Waals surface area contributed by atoms with Gasteiger partial charge in [0.05, 0.1) is 24.4 Å². The molecule has 0 saturated heterocycles. The number of anilines is 1. The van der Waals surface area contributed by atoms with Gasteiger partial charge in [0.2, 0.25) is 0 Å². The summed E-state index contributed by atoms with van der Waals surface area (Å²) in [5.41, 5.74) is 0.756. The molecule has 0 radical (unpaired) electrons. The van der Waals surface area contributed by atoms with E-state index in [1.807, 2.05) is 27.7 Å². The number of hydrogen-bond acceptors (Lipinski definition) is 9. The number of aryl methyl sites for hydroxylation is 1. The Kier molecular flexibility index (Phi) is 9.12. The van der Waals surface area contributed by atoms with E-state index in [1.54, 1.807) is 45.9 Å². The Hall–Kier alpha value is -3.56. The van der Waals surface area contributed by atoms with Crippen molar-refractivity contribution in [2.24, 2.45) is 5.92 Å². The second-order valence-corrected chi connectivity index (χ2v) is 10.5. The Bertz CT molecular complexity index is 1150. The van der Waals surface area contributed by atoms with Crippen molar-refractivity contribution in [2.45, 2.75) is 73.0 Å². The number of rotatable bonds is 9. The molecule has 1 aromatic carbocycles. The summed E-state index contributed by atoms with van der Waals surface area (Å²) in [6.45, 7) is 14.0. The Morgan fingerprint density at radius 1 is 1.03 bits per heavy atom. The van der Waals surface area contributed by atoms with Crippen LogP contribution in [0, 0.1) is 12.8 Å². The number of ether oxygens (including phenoxy) is 2. The number of hydrogen-bond donors (Lipinski definition) is 2. The molecule has 2 aromatic rings. The van der Waals surface area contributed by atoms with Crippen LogP contribution in [-0.4, -0.2) is 57.9 Å². The molecule has 0 aliphatic carbocycles. The monoisotopic (exact) mass is 500 g/mol. The molecular formula is C26H36N4O6. The topological polar surface area (TPSA) is 137 Å². The van der Waals surface area contributed by atoms with Gasteiger partial charge < -0.3 is 20.1 Å². The molecule has 2 rings (SSSR count). The number of alkyl carbamates (subject to hydrolysis) is 1. The third kappa shape index (κ3) is 8.28. The zero-order valence-electron chi connectivity index (χ0n) is 22.3. The van der Waals surface area contributed by atoms with E-state index in [0.717, 1.165) is 0 Å². The minimum atomic E-state index is -1.40. The molecule has 1 unspecified atom stereocenters. The van der Waals surface area contributed by atoms with Crippen LogP contribution in [-0.2, 0) is 19.1 Å². The lowest BCUT2D eigenvalue weighted by Crippen LogP contribution is -2.40. The van der Waals surface area contributed by atoms with E-state index < -0.39 is 48.1 Å². The van der Waals surface area contributed by atoms with Crippen LogP contribution in [0.2, 0.25) is 0 Å². The molecule has 1 atom stereocenters. The molecule has 0 aliphatic heterocycles. The van der Waals surface area contributed by atoms with Gasteiger partial charge in [-0.05, 0) is 67.5 Å². The predicted octanol–water partition coefficient (Wildman–Crippen LogP) is 3.99. The van der Waals surface area contributed by atoms with Crippen molar-refractivity contribution in [1.82, 2.24) is 15.3 Å². The lowest BCUT2D eigenvalue weighted by Gasteiger charge is -2.22. The Labute approximate surface area is 211 Å². The zero-order chi connectivity index (χ0) is 27.3. The first-order valence-corrected chi connectivity index (χ1v) is 11.9. The largest absolute Gasteiger partial charge is 0.465 e. The van der Waals surface area contributed by atoms with Crippen molar-refractivity contribution in [3.8, 4) is 0 Å². The highest BCUT2D eigenvalue weighted by atomic mass is 16.6. The number of nitrogens with one attached hydrogen (secondary N) is 2. The number of carbonyl (C=O) groups excluding carboxylic acids is 4. The summed E-state index contributed by atoms with van der Waals surface area (Å²) in [6.07, 6.45) is -1.24. The molecule has 0 fully saturated rings. The summed E-state index contributed by atoms with van der Waals surface area (Å²) in [6, 6.07) is 5.00. The first-order valence-electron chi connectivity index (χ1n) is 11.9. The molecule has 0 saturated carbocycles. The molecular weight excluding hydrogens is 464 g/mol. The van der Waals surface area contributed by atoms with Crippen LogP contribution in [0.15, 0.2) is 18.2 Å². The third-order valence-corrected chi connectivity index (χ3v) is 4.82. The molecule has 2 N–H and O–H groups in total. The zero-order valence-corrected chi connectivity index (χ0v) is 22.3. The maximum atomic E-state index is 13.3. The Morgan fingerprint density at radius 3 is 2.28 bits per heavy atom. The lowest BCUT2D eigenvalue weighted by atomic mass is 9.93. The smallest absolute Gasteiger partial charge is 0.408 e. The minimum Gasteiger partial charge on any atom is -0.465 e. The third-order valence-electron chi connectivity index (χ3n) is 4.82. The van der Waals surface area contributed by atoms with Crippen LogP contribution in [0.4, 0.5) is 10.6 Å². The van der Waals surface area contributed by atoms with E-state index in [9.17, 15) is 19.2 Å². The van der Waals surface area contributed by atoms with Crippen molar-refractivity contribution in [1.29, 1.82) is 0 Å². The standard InChI is InChI=1S/C26H36N4O6/c1-9-35-23(33)17(20(32)14-27-24(34)36-26(6,7)8)13-19(31)16-11-10-12-18-21(16)29-22(15(2)28-18)30-25(3,4)5/h10-12,17H,9,13-14H2,1-8H3,(H,27,34)(H,29,30). The van der Waals surface area contributed by atoms with Crippen molar-refractivity contribution < 1.29 is 28.7 Å².